The lowest BCUT2D eigenvalue weighted by atomic mass is 10.1. The van der Waals surface area contributed by atoms with Gasteiger partial charge in [-0.1, -0.05) is 32.6 Å². The molecule has 0 saturated heterocycles. The standard InChI is InChI=1S/C23H29NO4/c1-5-13-27-20-9-7-19(8-10-20)23(25)24-16-18-6-11-21(22(15-18)26-4)28-14-12-17(2)3/h5-11,15,17H,1,12-14,16H2,2-4H3,(H,24,25). The predicted octanol–water partition coefficient (Wildman–Crippen LogP) is 4.61. The number of methoxy groups -OCH3 is 1. The Kier molecular flexibility index (Phi) is 8.40. The van der Waals surface area contributed by atoms with Crippen molar-refractivity contribution >= 4 is 5.91 Å². The molecule has 28 heavy (non-hydrogen) atoms. The van der Waals surface area contributed by atoms with Gasteiger partial charge in [-0.15, -0.1) is 0 Å². The molecule has 0 aromatic heterocycles. The van der Waals surface area contributed by atoms with Gasteiger partial charge in [-0.3, -0.25) is 4.79 Å². The molecule has 0 radical (unpaired) electrons. The summed E-state index contributed by atoms with van der Waals surface area (Å²) in [7, 11) is 1.61. The van der Waals surface area contributed by atoms with Gasteiger partial charge in [-0.25, -0.2) is 0 Å². The van der Waals surface area contributed by atoms with Crippen LogP contribution in [0.15, 0.2) is 55.1 Å². The lowest BCUT2D eigenvalue weighted by Gasteiger charge is -2.13. The van der Waals surface area contributed by atoms with Crippen LogP contribution in [0, 0.1) is 5.92 Å². The lowest BCUT2D eigenvalue weighted by molar-refractivity contribution is 0.0951. The van der Waals surface area contributed by atoms with Crippen LogP contribution in [-0.4, -0.2) is 26.2 Å². The van der Waals surface area contributed by atoms with Crippen molar-refractivity contribution in [3.8, 4) is 17.2 Å². The third kappa shape index (κ3) is 6.65. The maximum atomic E-state index is 12.3. The Bertz CT molecular complexity index is 769. The van der Waals surface area contributed by atoms with Crippen LogP contribution >= 0.6 is 0 Å². The minimum atomic E-state index is -0.147. The van der Waals surface area contributed by atoms with Crippen LogP contribution in [0.2, 0.25) is 0 Å². The van der Waals surface area contributed by atoms with Crippen LogP contribution in [0.25, 0.3) is 0 Å². The maximum Gasteiger partial charge on any atom is 0.251 e. The number of carbonyl (C=O) groups is 1. The first kappa shape index (κ1) is 21.4. The van der Waals surface area contributed by atoms with Gasteiger partial charge in [0, 0.05) is 12.1 Å². The Labute approximate surface area is 167 Å². The third-order valence-electron chi connectivity index (χ3n) is 4.12. The quantitative estimate of drug-likeness (QED) is 0.576. The maximum absolute atomic E-state index is 12.3. The van der Waals surface area contributed by atoms with Crippen LogP contribution < -0.4 is 19.5 Å². The molecule has 0 aliphatic rings. The number of rotatable bonds is 11. The first-order valence-electron chi connectivity index (χ1n) is 9.45. The highest BCUT2D eigenvalue weighted by molar-refractivity contribution is 5.94. The zero-order valence-corrected chi connectivity index (χ0v) is 16.9. The summed E-state index contributed by atoms with van der Waals surface area (Å²) >= 11 is 0. The number of hydrogen-bond donors (Lipinski definition) is 1. The first-order valence-corrected chi connectivity index (χ1v) is 9.45. The molecule has 0 aliphatic carbocycles. The van der Waals surface area contributed by atoms with E-state index in [2.05, 4.69) is 25.7 Å². The summed E-state index contributed by atoms with van der Waals surface area (Å²) in [5.41, 5.74) is 1.51. The van der Waals surface area contributed by atoms with Gasteiger partial charge in [0.1, 0.15) is 12.4 Å². The van der Waals surface area contributed by atoms with Crippen molar-refractivity contribution in [2.75, 3.05) is 20.3 Å². The van der Waals surface area contributed by atoms with Gasteiger partial charge >= 0.3 is 0 Å². The largest absolute Gasteiger partial charge is 0.493 e. The molecule has 2 aromatic carbocycles. The lowest BCUT2D eigenvalue weighted by Crippen LogP contribution is -2.22. The SMILES string of the molecule is C=CCOc1ccc(C(=O)NCc2ccc(OCCC(C)C)c(OC)c2)cc1. The zero-order chi connectivity index (χ0) is 20.4. The van der Waals surface area contributed by atoms with Crippen molar-refractivity contribution in [1.82, 2.24) is 5.32 Å². The van der Waals surface area contributed by atoms with E-state index >= 15 is 0 Å². The molecule has 0 fully saturated rings. The summed E-state index contributed by atoms with van der Waals surface area (Å²) < 4.78 is 16.6. The molecule has 0 atom stereocenters. The number of carbonyl (C=O) groups excluding carboxylic acids is 1. The van der Waals surface area contributed by atoms with Gasteiger partial charge in [-0.05, 0) is 54.3 Å². The van der Waals surface area contributed by atoms with Gasteiger partial charge in [0.2, 0.25) is 0 Å². The fourth-order valence-electron chi connectivity index (χ4n) is 2.49. The zero-order valence-electron chi connectivity index (χ0n) is 16.9. The van der Waals surface area contributed by atoms with Crippen LogP contribution in [0.4, 0.5) is 0 Å². The van der Waals surface area contributed by atoms with Crippen molar-refractivity contribution in [1.29, 1.82) is 0 Å². The molecule has 0 spiro atoms. The molecule has 2 aromatic rings. The van der Waals surface area contributed by atoms with E-state index in [4.69, 9.17) is 14.2 Å². The molecule has 0 unspecified atom stereocenters. The molecule has 5 heteroatoms. The van der Waals surface area contributed by atoms with E-state index in [1.165, 1.54) is 0 Å². The van der Waals surface area contributed by atoms with E-state index < -0.39 is 0 Å². The van der Waals surface area contributed by atoms with Crippen molar-refractivity contribution < 1.29 is 19.0 Å². The van der Waals surface area contributed by atoms with Crippen LogP contribution in [0.5, 0.6) is 17.2 Å². The van der Waals surface area contributed by atoms with Crippen LogP contribution in [0.3, 0.4) is 0 Å². The third-order valence-corrected chi connectivity index (χ3v) is 4.12. The highest BCUT2D eigenvalue weighted by Gasteiger charge is 2.09. The van der Waals surface area contributed by atoms with Crippen molar-refractivity contribution in [3.05, 3.63) is 66.2 Å². The number of nitrogens with one attached hydrogen (secondary N) is 1. The summed E-state index contributed by atoms with van der Waals surface area (Å²) in [5.74, 6) is 2.52. The Morgan fingerprint density at radius 3 is 2.50 bits per heavy atom. The molecule has 2 rings (SSSR count). The second kappa shape index (κ2) is 11.0. The smallest absolute Gasteiger partial charge is 0.251 e. The highest BCUT2D eigenvalue weighted by atomic mass is 16.5. The molecule has 150 valence electrons. The van der Waals surface area contributed by atoms with Crippen molar-refractivity contribution in [2.24, 2.45) is 5.92 Å². The number of ether oxygens (including phenoxy) is 3. The second-order valence-corrected chi connectivity index (χ2v) is 6.82. The average Bonchev–Trinajstić information content (AvgIpc) is 2.71. The molecular formula is C23H29NO4. The normalized spacial score (nSPS) is 10.4. The molecule has 1 N–H and O–H groups in total. The Hall–Kier alpha value is -2.95. The topological polar surface area (TPSA) is 56.8 Å². The summed E-state index contributed by atoms with van der Waals surface area (Å²) in [6.45, 7) is 9.41. The predicted molar refractivity (Wildman–Crippen MR) is 111 cm³/mol. The van der Waals surface area contributed by atoms with E-state index in [-0.39, 0.29) is 5.91 Å². The Morgan fingerprint density at radius 2 is 1.86 bits per heavy atom. The van der Waals surface area contributed by atoms with E-state index in [0.717, 1.165) is 12.0 Å². The van der Waals surface area contributed by atoms with E-state index in [1.54, 1.807) is 37.5 Å². The molecule has 1 amide bonds. The minimum absolute atomic E-state index is 0.147. The summed E-state index contributed by atoms with van der Waals surface area (Å²) in [6.07, 6.45) is 2.66. The Morgan fingerprint density at radius 1 is 1.11 bits per heavy atom. The van der Waals surface area contributed by atoms with Gasteiger partial charge in [0.05, 0.1) is 13.7 Å². The summed E-state index contributed by atoms with van der Waals surface area (Å²) in [6, 6.07) is 12.7. The highest BCUT2D eigenvalue weighted by Crippen LogP contribution is 2.28. The minimum Gasteiger partial charge on any atom is -0.493 e. The molecule has 5 nitrogen and oxygen atoms in total. The van der Waals surface area contributed by atoms with Gasteiger partial charge in [0.15, 0.2) is 11.5 Å². The van der Waals surface area contributed by atoms with E-state index in [0.29, 0.717) is 48.5 Å². The Balaban J connectivity index is 1.92. The number of hydrogen-bond acceptors (Lipinski definition) is 4. The van der Waals surface area contributed by atoms with Crippen LogP contribution in [0.1, 0.15) is 36.2 Å². The first-order chi connectivity index (χ1) is 13.5. The number of benzene rings is 2. The fourth-order valence-corrected chi connectivity index (χ4v) is 2.49. The molecule has 0 heterocycles. The monoisotopic (exact) mass is 383 g/mol. The molecule has 0 bridgehead atoms. The molecule has 0 aliphatic heterocycles. The molecule has 0 saturated carbocycles. The van der Waals surface area contributed by atoms with E-state index in [9.17, 15) is 4.79 Å². The fraction of sp³-hybridized carbons (Fsp3) is 0.348. The van der Waals surface area contributed by atoms with Crippen molar-refractivity contribution in [3.63, 3.8) is 0 Å². The molecular weight excluding hydrogens is 354 g/mol. The second-order valence-electron chi connectivity index (χ2n) is 6.82. The van der Waals surface area contributed by atoms with Gasteiger partial charge in [-0.2, -0.15) is 0 Å². The van der Waals surface area contributed by atoms with Crippen molar-refractivity contribution in [2.45, 2.75) is 26.8 Å². The van der Waals surface area contributed by atoms with Crippen LogP contribution in [-0.2, 0) is 6.54 Å². The number of amides is 1. The van der Waals surface area contributed by atoms with Gasteiger partial charge in [0.25, 0.3) is 5.91 Å². The van der Waals surface area contributed by atoms with Gasteiger partial charge < -0.3 is 19.5 Å². The van der Waals surface area contributed by atoms with E-state index in [1.807, 2.05) is 18.2 Å². The average molecular weight is 383 g/mol. The summed E-state index contributed by atoms with van der Waals surface area (Å²) in [5, 5.41) is 2.91. The summed E-state index contributed by atoms with van der Waals surface area (Å²) in [4.78, 5) is 12.3.